The Hall–Kier alpha value is -3.58. The second kappa shape index (κ2) is 11.4. The summed E-state index contributed by atoms with van der Waals surface area (Å²) in [5, 5.41) is 2.62. The summed E-state index contributed by atoms with van der Waals surface area (Å²) in [6, 6.07) is 20.1. The van der Waals surface area contributed by atoms with Gasteiger partial charge in [-0.2, -0.15) is 8.61 Å². The first-order valence-electron chi connectivity index (χ1n) is 11.9. The van der Waals surface area contributed by atoms with E-state index in [9.17, 15) is 26.4 Å². The van der Waals surface area contributed by atoms with E-state index >= 15 is 0 Å². The lowest BCUT2D eigenvalue weighted by Gasteiger charge is -2.39. The Balaban J connectivity index is 1.70. The Morgan fingerprint density at radius 3 is 1.97 bits per heavy atom. The van der Waals surface area contributed by atoms with E-state index in [1.54, 1.807) is 55.5 Å². The molecule has 1 aliphatic heterocycles. The van der Waals surface area contributed by atoms with Crippen molar-refractivity contribution in [2.45, 2.75) is 22.8 Å². The predicted octanol–water partition coefficient (Wildman–Crippen LogP) is 2.57. The highest BCUT2D eigenvalue weighted by molar-refractivity contribution is 7.89. The molecule has 4 rings (SSSR count). The summed E-state index contributed by atoms with van der Waals surface area (Å²) in [6.45, 7) is 0.957. The fourth-order valence-corrected chi connectivity index (χ4v) is 7.18. The van der Waals surface area contributed by atoms with E-state index in [0.717, 1.165) is 8.61 Å². The van der Waals surface area contributed by atoms with Crippen LogP contribution in [0.5, 0.6) is 0 Å². The average molecular weight is 558 g/mol. The lowest BCUT2D eigenvalue weighted by atomic mass is 10.1. The Morgan fingerprint density at radius 2 is 1.37 bits per heavy atom. The lowest BCUT2D eigenvalue weighted by molar-refractivity contribution is -0.120. The third kappa shape index (κ3) is 5.63. The first-order chi connectivity index (χ1) is 18.2. The quantitative estimate of drug-likeness (QED) is 0.421. The minimum absolute atomic E-state index is 0.0240. The van der Waals surface area contributed by atoms with E-state index in [4.69, 9.17) is 4.74 Å². The van der Waals surface area contributed by atoms with Gasteiger partial charge in [-0.05, 0) is 43.3 Å². The standard InChI is InChI=1S/C26H27N3O7S2/c1-2-36-26(31)22-15-9-10-16-23(22)27-25(30)24-19-28(37(32,33)20-11-5-3-6-12-20)17-18-29(24)38(34,35)21-13-7-4-8-14-21/h3-16,24H,2,17-19H2,1H3,(H,27,30). The van der Waals surface area contributed by atoms with Crippen molar-refractivity contribution in [2.24, 2.45) is 0 Å². The van der Waals surface area contributed by atoms with E-state index in [2.05, 4.69) is 5.32 Å². The molecule has 3 aromatic carbocycles. The first-order valence-corrected chi connectivity index (χ1v) is 14.7. The van der Waals surface area contributed by atoms with Crippen molar-refractivity contribution in [3.8, 4) is 0 Å². The molecule has 0 radical (unpaired) electrons. The summed E-state index contributed by atoms with van der Waals surface area (Å²) in [4.78, 5) is 26.0. The van der Waals surface area contributed by atoms with Crippen LogP contribution in [0.2, 0.25) is 0 Å². The zero-order chi connectivity index (χ0) is 27.3. The molecular weight excluding hydrogens is 530 g/mol. The Kier molecular flexibility index (Phi) is 8.26. The van der Waals surface area contributed by atoms with Gasteiger partial charge in [0.1, 0.15) is 6.04 Å². The number of nitrogens with zero attached hydrogens (tertiary/aromatic N) is 2. The molecule has 0 aliphatic carbocycles. The van der Waals surface area contributed by atoms with Crippen LogP contribution in [0.15, 0.2) is 94.7 Å². The molecule has 1 heterocycles. The molecule has 1 unspecified atom stereocenters. The highest BCUT2D eigenvalue weighted by Gasteiger charge is 2.43. The number of hydrogen-bond donors (Lipinski definition) is 1. The summed E-state index contributed by atoms with van der Waals surface area (Å²) >= 11 is 0. The molecule has 1 aliphatic rings. The van der Waals surface area contributed by atoms with Crippen LogP contribution in [0.25, 0.3) is 0 Å². The number of para-hydroxylation sites is 1. The average Bonchev–Trinajstić information content (AvgIpc) is 2.94. The van der Waals surface area contributed by atoms with E-state index in [1.807, 2.05) is 0 Å². The van der Waals surface area contributed by atoms with Crippen LogP contribution in [0.3, 0.4) is 0 Å². The van der Waals surface area contributed by atoms with Crippen LogP contribution in [0.4, 0.5) is 5.69 Å². The molecule has 0 saturated carbocycles. The topological polar surface area (TPSA) is 130 Å². The molecule has 12 heteroatoms. The fraction of sp³-hybridized carbons (Fsp3) is 0.231. The van der Waals surface area contributed by atoms with Gasteiger partial charge in [-0.3, -0.25) is 4.79 Å². The van der Waals surface area contributed by atoms with Gasteiger partial charge in [0.15, 0.2) is 0 Å². The maximum absolute atomic E-state index is 13.6. The zero-order valence-electron chi connectivity index (χ0n) is 20.6. The Bertz CT molecular complexity index is 1510. The van der Waals surface area contributed by atoms with Gasteiger partial charge in [-0.15, -0.1) is 0 Å². The monoisotopic (exact) mass is 557 g/mol. The SMILES string of the molecule is CCOC(=O)c1ccccc1NC(=O)C1CN(S(=O)(=O)c2ccccc2)CCN1S(=O)(=O)c1ccccc1. The first kappa shape index (κ1) is 27.5. The Morgan fingerprint density at radius 1 is 0.816 bits per heavy atom. The molecular formula is C26H27N3O7S2. The molecule has 3 aromatic rings. The summed E-state index contributed by atoms with van der Waals surface area (Å²) in [5.74, 6) is -1.44. The normalized spacial score (nSPS) is 17.0. The van der Waals surface area contributed by atoms with Crippen molar-refractivity contribution < 1.29 is 31.2 Å². The zero-order valence-corrected chi connectivity index (χ0v) is 22.2. The number of benzene rings is 3. The highest BCUT2D eigenvalue weighted by atomic mass is 32.2. The van der Waals surface area contributed by atoms with E-state index in [0.29, 0.717) is 0 Å². The van der Waals surface area contributed by atoms with Gasteiger partial charge in [0, 0.05) is 19.6 Å². The second-order valence-electron chi connectivity index (χ2n) is 8.38. The van der Waals surface area contributed by atoms with Gasteiger partial charge >= 0.3 is 5.97 Å². The van der Waals surface area contributed by atoms with Gasteiger partial charge in [0.05, 0.1) is 27.6 Å². The molecule has 1 saturated heterocycles. The number of nitrogens with one attached hydrogen (secondary N) is 1. The maximum Gasteiger partial charge on any atom is 0.340 e. The molecule has 0 aromatic heterocycles. The maximum atomic E-state index is 13.6. The van der Waals surface area contributed by atoms with Crippen molar-refractivity contribution in [3.05, 3.63) is 90.5 Å². The number of piperazine rings is 1. The van der Waals surface area contributed by atoms with Crippen molar-refractivity contribution in [2.75, 3.05) is 31.6 Å². The second-order valence-corrected chi connectivity index (χ2v) is 12.2. The number of hydrogen-bond acceptors (Lipinski definition) is 7. The number of carbonyl (C=O) groups excluding carboxylic acids is 2. The minimum Gasteiger partial charge on any atom is -0.462 e. The summed E-state index contributed by atoms with van der Waals surface area (Å²) in [6.07, 6.45) is 0. The molecule has 10 nitrogen and oxygen atoms in total. The van der Waals surface area contributed by atoms with Gasteiger partial charge in [-0.1, -0.05) is 48.5 Å². The number of rotatable bonds is 8. The van der Waals surface area contributed by atoms with Crippen molar-refractivity contribution in [1.29, 1.82) is 0 Å². The number of amides is 1. The largest absolute Gasteiger partial charge is 0.462 e. The van der Waals surface area contributed by atoms with Crippen molar-refractivity contribution >= 4 is 37.6 Å². The molecule has 200 valence electrons. The molecule has 1 fully saturated rings. The van der Waals surface area contributed by atoms with Crippen molar-refractivity contribution in [1.82, 2.24) is 8.61 Å². The summed E-state index contributed by atoms with van der Waals surface area (Å²) in [5.41, 5.74) is 0.209. The third-order valence-electron chi connectivity index (χ3n) is 6.01. The van der Waals surface area contributed by atoms with Crippen LogP contribution >= 0.6 is 0 Å². The number of carbonyl (C=O) groups is 2. The molecule has 0 spiro atoms. The van der Waals surface area contributed by atoms with Crippen LogP contribution in [0, 0.1) is 0 Å². The van der Waals surface area contributed by atoms with Crippen LogP contribution in [-0.4, -0.2) is 69.6 Å². The van der Waals surface area contributed by atoms with Gasteiger partial charge < -0.3 is 10.1 Å². The molecule has 38 heavy (non-hydrogen) atoms. The lowest BCUT2D eigenvalue weighted by Crippen LogP contribution is -2.60. The predicted molar refractivity (Wildman–Crippen MR) is 140 cm³/mol. The third-order valence-corrected chi connectivity index (χ3v) is 9.81. The Labute approximate surface area is 221 Å². The number of esters is 1. The molecule has 1 amide bonds. The van der Waals surface area contributed by atoms with E-state index in [-0.39, 0.29) is 40.7 Å². The van der Waals surface area contributed by atoms with Gasteiger partial charge in [-0.25, -0.2) is 21.6 Å². The van der Waals surface area contributed by atoms with Crippen LogP contribution in [0.1, 0.15) is 17.3 Å². The summed E-state index contributed by atoms with van der Waals surface area (Å²) < 4.78 is 60.9. The number of anilines is 1. The molecule has 1 N–H and O–H groups in total. The van der Waals surface area contributed by atoms with Gasteiger partial charge in [0.25, 0.3) is 0 Å². The molecule has 0 bridgehead atoms. The van der Waals surface area contributed by atoms with Crippen LogP contribution in [-0.2, 0) is 29.6 Å². The van der Waals surface area contributed by atoms with Gasteiger partial charge in [0.2, 0.25) is 26.0 Å². The van der Waals surface area contributed by atoms with Crippen LogP contribution < -0.4 is 5.32 Å². The highest BCUT2D eigenvalue weighted by Crippen LogP contribution is 2.27. The van der Waals surface area contributed by atoms with Crippen molar-refractivity contribution in [3.63, 3.8) is 0 Å². The smallest absolute Gasteiger partial charge is 0.340 e. The minimum atomic E-state index is -4.16. The fourth-order valence-electron chi connectivity index (χ4n) is 4.13. The molecule has 1 atom stereocenters. The summed E-state index contributed by atoms with van der Waals surface area (Å²) in [7, 11) is -8.16. The van der Waals surface area contributed by atoms with E-state index in [1.165, 1.54) is 36.4 Å². The number of ether oxygens (including phenoxy) is 1. The number of sulfonamides is 2. The van der Waals surface area contributed by atoms with E-state index < -0.39 is 44.5 Å².